The third kappa shape index (κ3) is 6.92. The number of aryl methyl sites for hydroxylation is 1. The first kappa shape index (κ1) is 25.0. The zero-order valence-corrected chi connectivity index (χ0v) is 20.8. The van der Waals surface area contributed by atoms with Crippen LogP contribution in [-0.2, 0) is 16.2 Å². The highest BCUT2D eigenvalue weighted by molar-refractivity contribution is 9.10. The molecule has 0 spiro atoms. The number of halogens is 1. The van der Waals surface area contributed by atoms with Crippen molar-refractivity contribution in [2.24, 2.45) is 11.0 Å². The van der Waals surface area contributed by atoms with Crippen LogP contribution in [0.3, 0.4) is 0 Å². The van der Waals surface area contributed by atoms with Crippen molar-refractivity contribution in [3.05, 3.63) is 87.9 Å². The van der Waals surface area contributed by atoms with Crippen molar-refractivity contribution in [3.8, 4) is 11.5 Å². The van der Waals surface area contributed by atoms with Crippen LogP contribution in [-0.4, -0.2) is 25.1 Å². The van der Waals surface area contributed by atoms with Crippen LogP contribution in [0, 0.1) is 12.8 Å². The molecule has 0 aromatic heterocycles. The summed E-state index contributed by atoms with van der Waals surface area (Å²) in [6.45, 7) is 3.97. The standard InChI is InChI=1S/C26H26BrN3O4/c1-17-8-10-19(11-9-17)16-34-23-13-12-20(14-24(23)33-3)15-28-30-26(32)18(2)25(31)29-22-7-5-4-6-21(22)27/h4-15,18H,16H2,1-3H3,(H,29,31)(H,30,32). The van der Waals surface area contributed by atoms with Gasteiger partial charge in [-0.25, -0.2) is 5.43 Å². The summed E-state index contributed by atoms with van der Waals surface area (Å²) in [6, 6.07) is 20.6. The van der Waals surface area contributed by atoms with Crippen molar-refractivity contribution in [2.45, 2.75) is 20.5 Å². The minimum atomic E-state index is -0.934. The van der Waals surface area contributed by atoms with Crippen molar-refractivity contribution in [1.29, 1.82) is 0 Å². The van der Waals surface area contributed by atoms with Crippen LogP contribution < -0.4 is 20.2 Å². The Morgan fingerprint density at radius 1 is 1.03 bits per heavy atom. The molecule has 34 heavy (non-hydrogen) atoms. The van der Waals surface area contributed by atoms with Gasteiger partial charge < -0.3 is 14.8 Å². The number of nitrogens with zero attached hydrogens (tertiary/aromatic N) is 1. The molecule has 0 aliphatic carbocycles. The maximum absolute atomic E-state index is 12.4. The normalized spacial score (nSPS) is 11.6. The average Bonchev–Trinajstić information content (AvgIpc) is 2.84. The highest BCUT2D eigenvalue weighted by atomic mass is 79.9. The van der Waals surface area contributed by atoms with Gasteiger partial charge in [-0.3, -0.25) is 9.59 Å². The van der Waals surface area contributed by atoms with Crippen molar-refractivity contribution < 1.29 is 19.1 Å². The minimum Gasteiger partial charge on any atom is -0.493 e. The third-order valence-corrected chi connectivity index (χ3v) is 5.70. The molecule has 2 amide bonds. The quantitative estimate of drug-likeness (QED) is 0.233. The van der Waals surface area contributed by atoms with Gasteiger partial charge in [0.2, 0.25) is 5.91 Å². The Bertz CT molecular complexity index is 1180. The van der Waals surface area contributed by atoms with E-state index in [0.29, 0.717) is 29.4 Å². The van der Waals surface area contributed by atoms with Gasteiger partial charge in [0.15, 0.2) is 11.5 Å². The van der Waals surface area contributed by atoms with Gasteiger partial charge in [-0.2, -0.15) is 5.10 Å². The Morgan fingerprint density at radius 3 is 2.47 bits per heavy atom. The summed E-state index contributed by atoms with van der Waals surface area (Å²) < 4.78 is 12.0. The number of carbonyl (C=O) groups is 2. The zero-order valence-electron chi connectivity index (χ0n) is 19.2. The molecular formula is C26H26BrN3O4. The van der Waals surface area contributed by atoms with E-state index >= 15 is 0 Å². The van der Waals surface area contributed by atoms with E-state index in [9.17, 15) is 9.59 Å². The smallest absolute Gasteiger partial charge is 0.252 e. The van der Waals surface area contributed by atoms with Gasteiger partial charge >= 0.3 is 0 Å². The Morgan fingerprint density at radius 2 is 1.76 bits per heavy atom. The summed E-state index contributed by atoms with van der Waals surface area (Å²) in [5, 5.41) is 6.68. The number of hydrogen-bond acceptors (Lipinski definition) is 5. The molecule has 0 aliphatic heterocycles. The van der Waals surface area contributed by atoms with Gasteiger partial charge in [-0.1, -0.05) is 42.0 Å². The maximum atomic E-state index is 12.4. The lowest BCUT2D eigenvalue weighted by Gasteiger charge is -2.12. The van der Waals surface area contributed by atoms with E-state index in [-0.39, 0.29) is 0 Å². The predicted octanol–water partition coefficient (Wildman–Crippen LogP) is 5.07. The first-order chi connectivity index (χ1) is 16.4. The molecule has 0 fully saturated rings. The van der Waals surface area contributed by atoms with Gasteiger partial charge in [0, 0.05) is 4.47 Å². The predicted molar refractivity (Wildman–Crippen MR) is 136 cm³/mol. The van der Waals surface area contributed by atoms with E-state index in [2.05, 4.69) is 31.8 Å². The summed E-state index contributed by atoms with van der Waals surface area (Å²) in [5.41, 5.74) is 5.94. The fourth-order valence-electron chi connectivity index (χ4n) is 2.92. The molecule has 0 bridgehead atoms. The van der Waals surface area contributed by atoms with Gasteiger partial charge in [0.25, 0.3) is 5.91 Å². The lowest BCUT2D eigenvalue weighted by Crippen LogP contribution is -2.34. The van der Waals surface area contributed by atoms with Gasteiger partial charge in [0.05, 0.1) is 19.0 Å². The number of anilines is 1. The van der Waals surface area contributed by atoms with Gasteiger partial charge in [-0.15, -0.1) is 0 Å². The Balaban J connectivity index is 1.55. The van der Waals surface area contributed by atoms with E-state index in [4.69, 9.17) is 9.47 Å². The van der Waals surface area contributed by atoms with Gasteiger partial charge in [0.1, 0.15) is 12.5 Å². The molecular weight excluding hydrogens is 498 g/mol. The topological polar surface area (TPSA) is 89.0 Å². The second-order valence-corrected chi connectivity index (χ2v) is 8.46. The largest absolute Gasteiger partial charge is 0.493 e. The molecule has 1 atom stereocenters. The lowest BCUT2D eigenvalue weighted by atomic mass is 10.1. The second kappa shape index (κ2) is 12.0. The van der Waals surface area contributed by atoms with Crippen molar-refractivity contribution in [2.75, 3.05) is 12.4 Å². The minimum absolute atomic E-state index is 0.416. The number of hydrogen-bond donors (Lipinski definition) is 2. The van der Waals surface area contributed by atoms with E-state index in [0.717, 1.165) is 10.0 Å². The maximum Gasteiger partial charge on any atom is 0.252 e. The van der Waals surface area contributed by atoms with E-state index in [1.807, 2.05) is 37.3 Å². The average molecular weight is 524 g/mol. The van der Waals surface area contributed by atoms with E-state index < -0.39 is 17.7 Å². The fourth-order valence-corrected chi connectivity index (χ4v) is 3.30. The molecule has 0 aliphatic rings. The summed E-state index contributed by atoms with van der Waals surface area (Å²) in [6.07, 6.45) is 1.47. The molecule has 3 rings (SSSR count). The van der Waals surface area contributed by atoms with Crippen LogP contribution in [0.1, 0.15) is 23.6 Å². The molecule has 3 aromatic rings. The first-order valence-corrected chi connectivity index (χ1v) is 11.4. The van der Waals surface area contributed by atoms with Crippen LogP contribution in [0.4, 0.5) is 5.69 Å². The van der Waals surface area contributed by atoms with E-state index in [1.165, 1.54) is 18.7 Å². The van der Waals surface area contributed by atoms with Crippen LogP contribution in [0.25, 0.3) is 0 Å². The van der Waals surface area contributed by atoms with Crippen molar-refractivity contribution in [3.63, 3.8) is 0 Å². The Hall–Kier alpha value is -3.65. The number of rotatable bonds is 9. The summed E-state index contributed by atoms with van der Waals surface area (Å²) in [4.78, 5) is 24.7. The number of ether oxygens (including phenoxy) is 2. The molecule has 3 aromatic carbocycles. The SMILES string of the molecule is COc1cc(C=NNC(=O)C(C)C(=O)Nc2ccccc2Br)ccc1OCc1ccc(C)cc1. The second-order valence-electron chi connectivity index (χ2n) is 7.61. The molecule has 7 nitrogen and oxygen atoms in total. The van der Waals surface area contributed by atoms with Crippen LogP contribution in [0.2, 0.25) is 0 Å². The Labute approximate surface area is 207 Å². The number of para-hydroxylation sites is 1. The summed E-state index contributed by atoms with van der Waals surface area (Å²) >= 11 is 3.36. The molecule has 0 saturated heterocycles. The third-order valence-electron chi connectivity index (χ3n) is 5.01. The van der Waals surface area contributed by atoms with Crippen LogP contribution in [0.5, 0.6) is 11.5 Å². The molecule has 176 valence electrons. The monoisotopic (exact) mass is 523 g/mol. The highest BCUT2D eigenvalue weighted by Gasteiger charge is 2.21. The molecule has 8 heteroatoms. The number of amides is 2. The Kier molecular flexibility index (Phi) is 8.81. The number of benzene rings is 3. The van der Waals surface area contributed by atoms with Crippen LogP contribution >= 0.6 is 15.9 Å². The van der Waals surface area contributed by atoms with E-state index in [1.54, 1.807) is 43.5 Å². The molecule has 0 saturated carbocycles. The first-order valence-electron chi connectivity index (χ1n) is 10.6. The number of carbonyl (C=O) groups excluding carboxylic acids is 2. The molecule has 1 unspecified atom stereocenters. The molecule has 0 radical (unpaired) electrons. The highest BCUT2D eigenvalue weighted by Crippen LogP contribution is 2.28. The summed E-state index contributed by atoms with van der Waals surface area (Å²) in [7, 11) is 1.56. The molecule has 0 heterocycles. The zero-order chi connectivity index (χ0) is 24.5. The number of methoxy groups -OCH3 is 1. The van der Waals surface area contributed by atoms with Crippen LogP contribution in [0.15, 0.2) is 76.3 Å². The molecule has 2 N–H and O–H groups in total. The summed E-state index contributed by atoms with van der Waals surface area (Å²) in [5.74, 6) is -0.747. The lowest BCUT2D eigenvalue weighted by molar-refractivity contribution is -0.131. The van der Waals surface area contributed by atoms with Crippen molar-refractivity contribution in [1.82, 2.24) is 5.43 Å². The fraction of sp³-hybridized carbons (Fsp3) is 0.192. The number of hydrazone groups is 1. The number of nitrogens with one attached hydrogen (secondary N) is 2. The van der Waals surface area contributed by atoms with Gasteiger partial charge in [-0.05, 0) is 71.2 Å². The van der Waals surface area contributed by atoms with Crippen molar-refractivity contribution >= 4 is 39.6 Å².